The van der Waals surface area contributed by atoms with E-state index in [0.29, 0.717) is 31.6 Å². The monoisotopic (exact) mass is 304 g/mol. The summed E-state index contributed by atoms with van der Waals surface area (Å²) < 4.78 is 25.6. The number of aliphatic hydroxyl groups is 1. The summed E-state index contributed by atoms with van der Waals surface area (Å²) in [5, 5.41) is 13.4. The van der Waals surface area contributed by atoms with Crippen LogP contribution in [-0.2, 0) is 10.0 Å². The van der Waals surface area contributed by atoms with E-state index in [-0.39, 0.29) is 17.3 Å². The topological polar surface area (TPSA) is 69.6 Å². The molecule has 5 nitrogen and oxygen atoms in total. The lowest BCUT2D eigenvalue weighted by atomic mass is 9.64. The highest BCUT2D eigenvalue weighted by atomic mass is 32.2. The van der Waals surface area contributed by atoms with Gasteiger partial charge in [-0.25, -0.2) is 12.7 Å². The van der Waals surface area contributed by atoms with Crippen molar-refractivity contribution in [1.82, 2.24) is 9.62 Å². The van der Waals surface area contributed by atoms with E-state index < -0.39 is 10.0 Å². The van der Waals surface area contributed by atoms with Crippen LogP contribution in [0.3, 0.4) is 0 Å². The van der Waals surface area contributed by atoms with Gasteiger partial charge in [-0.1, -0.05) is 20.8 Å². The summed E-state index contributed by atoms with van der Waals surface area (Å²) in [6, 6.07) is 0.723. The molecule has 6 heteroatoms. The number of hydrogen-bond acceptors (Lipinski definition) is 4. The van der Waals surface area contributed by atoms with Gasteiger partial charge in [0.25, 0.3) is 0 Å². The van der Waals surface area contributed by atoms with Crippen molar-refractivity contribution >= 4 is 10.0 Å². The molecule has 1 heterocycles. The SMILES string of the molecule is CCCS(=O)(=O)N1CCC(NC2CC(O)C2(C)C)CC1. The summed E-state index contributed by atoms with van der Waals surface area (Å²) in [7, 11) is -3.04. The third-order valence-electron chi connectivity index (χ3n) is 4.96. The minimum absolute atomic E-state index is 0.0641. The Labute approximate surface area is 122 Å². The van der Waals surface area contributed by atoms with Crippen molar-refractivity contribution in [3.05, 3.63) is 0 Å². The quantitative estimate of drug-likeness (QED) is 0.793. The third-order valence-corrected chi connectivity index (χ3v) is 7.04. The predicted molar refractivity (Wildman–Crippen MR) is 80.0 cm³/mol. The fourth-order valence-corrected chi connectivity index (χ4v) is 4.70. The zero-order chi connectivity index (χ0) is 15.0. The number of hydrogen-bond donors (Lipinski definition) is 2. The molecule has 2 unspecified atom stereocenters. The standard InChI is InChI=1S/C14H28N2O3S/c1-4-9-20(18,19)16-7-5-11(6-8-16)15-12-10-13(17)14(12,2)3/h11-13,15,17H,4-10H2,1-3H3. The second-order valence-corrected chi connectivity index (χ2v) is 8.87. The number of nitrogens with one attached hydrogen (secondary N) is 1. The van der Waals surface area contributed by atoms with Crippen LogP contribution in [0.2, 0.25) is 0 Å². The molecule has 1 saturated carbocycles. The molecule has 1 saturated heterocycles. The zero-order valence-electron chi connectivity index (χ0n) is 12.8. The Morgan fingerprint density at radius 3 is 2.35 bits per heavy atom. The fourth-order valence-electron chi connectivity index (χ4n) is 3.16. The molecule has 2 rings (SSSR count). The lowest BCUT2D eigenvalue weighted by Crippen LogP contribution is -2.63. The molecule has 0 bridgehead atoms. The molecular formula is C14H28N2O3S. The van der Waals surface area contributed by atoms with Crippen LogP contribution >= 0.6 is 0 Å². The molecule has 1 aliphatic carbocycles. The molecule has 20 heavy (non-hydrogen) atoms. The molecule has 1 aliphatic heterocycles. The molecular weight excluding hydrogens is 276 g/mol. The summed E-state index contributed by atoms with van der Waals surface area (Å²) in [5.74, 6) is 0.257. The van der Waals surface area contributed by atoms with Gasteiger partial charge in [-0.2, -0.15) is 0 Å². The smallest absolute Gasteiger partial charge is 0.214 e. The Hall–Kier alpha value is -0.170. The number of aliphatic hydroxyl groups excluding tert-OH is 1. The van der Waals surface area contributed by atoms with Gasteiger partial charge in [0.15, 0.2) is 0 Å². The van der Waals surface area contributed by atoms with Gasteiger partial charge < -0.3 is 10.4 Å². The molecule has 0 radical (unpaired) electrons. The van der Waals surface area contributed by atoms with Gasteiger partial charge in [0.05, 0.1) is 11.9 Å². The van der Waals surface area contributed by atoms with E-state index in [9.17, 15) is 13.5 Å². The Balaban J connectivity index is 1.81. The maximum absolute atomic E-state index is 12.0. The minimum Gasteiger partial charge on any atom is -0.392 e. The minimum atomic E-state index is -3.04. The van der Waals surface area contributed by atoms with E-state index in [4.69, 9.17) is 0 Å². The maximum atomic E-state index is 12.0. The van der Waals surface area contributed by atoms with Crippen LogP contribution in [-0.4, -0.2) is 54.9 Å². The zero-order valence-corrected chi connectivity index (χ0v) is 13.6. The van der Waals surface area contributed by atoms with Crippen LogP contribution in [0.15, 0.2) is 0 Å². The molecule has 0 aromatic carbocycles. The fraction of sp³-hybridized carbons (Fsp3) is 1.00. The summed E-state index contributed by atoms with van der Waals surface area (Å²) in [5.41, 5.74) is -0.0641. The molecule has 2 atom stereocenters. The van der Waals surface area contributed by atoms with Crippen LogP contribution in [0.5, 0.6) is 0 Å². The van der Waals surface area contributed by atoms with Gasteiger partial charge in [-0.15, -0.1) is 0 Å². The Morgan fingerprint density at radius 1 is 1.30 bits per heavy atom. The van der Waals surface area contributed by atoms with E-state index >= 15 is 0 Å². The van der Waals surface area contributed by atoms with Crippen molar-refractivity contribution < 1.29 is 13.5 Å². The van der Waals surface area contributed by atoms with Crippen LogP contribution in [0, 0.1) is 5.41 Å². The average Bonchev–Trinajstić information content (AvgIpc) is 2.39. The molecule has 2 fully saturated rings. The molecule has 118 valence electrons. The van der Waals surface area contributed by atoms with Gasteiger partial charge >= 0.3 is 0 Å². The molecule has 0 aromatic heterocycles. The highest BCUT2D eigenvalue weighted by Gasteiger charge is 2.47. The van der Waals surface area contributed by atoms with Gasteiger partial charge in [0.1, 0.15) is 0 Å². The van der Waals surface area contributed by atoms with Crippen LogP contribution in [0.25, 0.3) is 0 Å². The van der Waals surface area contributed by atoms with Crippen molar-refractivity contribution in [3.63, 3.8) is 0 Å². The molecule has 2 N–H and O–H groups in total. The first-order valence-electron chi connectivity index (χ1n) is 7.69. The van der Waals surface area contributed by atoms with Crippen molar-refractivity contribution in [3.8, 4) is 0 Å². The predicted octanol–water partition coefficient (Wildman–Crippen LogP) is 0.940. The lowest BCUT2D eigenvalue weighted by Gasteiger charge is -2.51. The number of sulfonamides is 1. The van der Waals surface area contributed by atoms with Crippen molar-refractivity contribution in [1.29, 1.82) is 0 Å². The van der Waals surface area contributed by atoms with Crippen LogP contribution in [0.4, 0.5) is 0 Å². The largest absolute Gasteiger partial charge is 0.392 e. The number of nitrogens with zero attached hydrogens (tertiary/aromatic N) is 1. The normalized spacial score (nSPS) is 32.0. The second-order valence-electron chi connectivity index (χ2n) is 6.78. The van der Waals surface area contributed by atoms with E-state index in [2.05, 4.69) is 19.2 Å². The third kappa shape index (κ3) is 3.18. The first-order chi connectivity index (χ1) is 9.27. The van der Waals surface area contributed by atoms with Crippen molar-refractivity contribution in [2.24, 2.45) is 5.41 Å². The molecule has 2 aliphatic rings. The van der Waals surface area contributed by atoms with Gasteiger partial charge in [0.2, 0.25) is 10.0 Å². The summed E-state index contributed by atoms with van der Waals surface area (Å²) in [6.45, 7) is 7.31. The summed E-state index contributed by atoms with van der Waals surface area (Å²) >= 11 is 0. The van der Waals surface area contributed by atoms with Crippen LogP contribution < -0.4 is 5.32 Å². The highest BCUT2D eigenvalue weighted by Crippen LogP contribution is 2.41. The van der Waals surface area contributed by atoms with E-state index in [0.717, 1.165) is 19.3 Å². The van der Waals surface area contributed by atoms with E-state index in [1.807, 2.05) is 6.92 Å². The molecule has 0 aromatic rings. The van der Waals surface area contributed by atoms with Crippen LogP contribution in [0.1, 0.15) is 46.5 Å². The molecule has 0 spiro atoms. The van der Waals surface area contributed by atoms with Gasteiger partial charge in [0, 0.05) is 30.6 Å². The second kappa shape index (κ2) is 5.91. The number of rotatable bonds is 5. The summed E-state index contributed by atoms with van der Waals surface area (Å²) in [4.78, 5) is 0. The lowest BCUT2D eigenvalue weighted by molar-refractivity contribution is -0.0772. The van der Waals surface area contributed by atoms with Gasteiger partial charge in [-0.05, 0) is 25.7 Å². The van der Waals surface area contributed by atoms with Gasteiger partial charge in [-0.3, -0.25) is 0 Å². The first kappa shape index (κ1) is 16.2. The Bertz CT molecular complexity index is 428. The summed E-state index contributed by atoms with van der Waals surface area (Å²) in [6.07, 6.45) is 3.00. The molecule has 0 amide bonds. The number of piperidine rings is 1. The van der Waals surface area contributed by atoms with Crippen molar-refractivity contribution in [2.45, 2.75) is 64.6 Å². The van der Waals surface area contributed by atoms with Crippen molar-refractivity contribution in [2.75, 3.05) is 18.8 Å². The average molecular weight is 304 g/mol. The first-order valence-corrected chi connectivity index (χ1v) is 9.30. The maximum Gasteiger partial charge on any atom is 0.214 e. The Morgan fingerprint density at radius 2 is 1.90 bits per heavy atom. The van der Waals surface area contributed by atoms with E-state index in [1.165, 1.54) is 0 Å². The Kier molecular flexibility index (Phi) is 4.79. The highest BCUT2D eigenvalue weighted by molar-refractivity contribution is 7.89. The van der Waals surface area contributed by atoms with E-state index in [1.54, 1.807) is 4.31 Å².